The van der Waals surface area contributed by atoms with Gasteiger partial charge in [-0.2, -0.15) is 0 Å². The predicted molar refractivity (Wildman–Crippen MR) is 455 cm³/mol. The van der Waals surface area contributed by atoms with Crippen molar-refractivity contribution < 1.29 is 83.2 Å². The first-order chi connectivity index (χ1) is 54.4. The van der Waals surface area contributed by atoms with Gasteiger partial charge in [-0.05, 0) is 179 Å². The van der Waals surface area contributed by atoms with Gasteiger partial charge in [-0.15, -0.1) is 0 Å². The van der Waals surface area contributed by atoms with E-state index in [1.165, 1.54) is 38.5 Å². The fraction of sp³-hybridized carbons (Fsp3) is 0.783. The van der Waals surface area contributed by atoms with E-state index in [4.69, 9.17) is 48.4 Å². The number of aliphatic hydroxyl groups excluding tert-OH is 7. The Morgan fingerprint density at radius 2 is 1.04 bits per heavy atom. The van der Waals surface area contributed by atoms with Crippen LogP contribution in [0.1, 0.15) is 199 Å². The molecule has 9 saturated heterocycles. The summed E-state index contributed by atoms with van der Waals surface area (Å²) < 4.78 is 52.7. The molecule has 9 aliphatic heterocycles. The number of morpholine rings is 1. The van der Waals surface area contributed by atoms with E-state index < -0.39 is 42.6 Å². The van der Waals surface area contributed by atoms with Crippen molar-refractivity contribution in [2.24, 2.45) is 59.0 Å². The Bertz CT molecular complexity index is 3290. The van der Waals surface area contributed by atoms with E-state index in [-0.39, 0.29) is 134 Å². The van der Waals surface area contributed by atoms with E-state index >= 15 is 0 Å². The molecule has 0 bridgehead atoms. The molecule has 23 heteroatoms. The number of fused-ring (bicyclic) bond motifs is 2. The van der Waals surface area contributed by atoms with Crippen LogP contribution in [0.25, 0.3) is 17.0 Å². The number of nitrogens with zero attached hydrogens (tertiary/aromatic N) is 5. The normalized spacial score (nSPS) is 37.0. The molecule has 9 aliphatic rings. The number of ether oxygens (including phenoxy) is 9. The fourth-order valence-corrected chi connectivity index (χ4v) is 18.3. The molecule has 10 heterocycles. The number of pyridine rings is 1. The summed E-state index contributed by atoms with van der Waals surface area (Å²) >= 11 is 0. The van der Waals surface area contributed by atoms with E-state index in [0.717, 1.165) is 67.8 Å². The van der Waals surface area contributed by atoms with Crippen molar-refractivity contribution in [3.8, 4) is 0 Å². The van der Waals surface area contributed by atoms with Crippen LogP contribution in [0.2, 0.25) is 0 Å². The van der Waals surface area contributed by atoms with Gasteiger partial charge in [0, 0.05) is 48.0 Å². The number of aromatic nitrogens is 1. The van der Waals surface area contributed by atoms with Gasteiger partial charge in [0.15, 0.2) is 0 Å². The summed E-state index contributed by atoms with van der Waals surface area (Å²) in [5.74, 6) is 2.16. The van der Waals surface area contributed by atoms with Crippen LogP contribution in [0, 0.1) is 53.3 Å². The van der Waals surface area contributed by atoms with Crippen molar-refractivity contribution >= 4 is 22.9 Å². The van der Waals surface area contributed by atoms with E-state index in [1.807, 2.05) is 103 Å². The van der Waals surface area contributed by atoms with Gasteiger partial charge in [0.25, 0.3) is 0 Å². The quantitative estimate of drug-likeness (QED) is 0.0583. The third kappa shape index (κ3) is 26.9. The van der Waals surface area contributed by atoms with Crippen molar-refractivity contribution in [1.29, 1.82) is 0 Å². The lowest BCUT2D eigenvalue weighted by atomic mass is 9.81. The van der Waals surface area contributed by atoms with Crippen LogP contribution in [-0.4, -0.2) is 292 Å². The minimum Gasteiger partial charge on any atom is -0.490 e. The molecule has 0 aliphatic carbocycles. The Morgan fingerprint density at radius 3 is 1.59 bits per heavy atom. The molecule has 2 aromatic carbocycles. The summed E-state index contributed by atoms with van der Waals surface area (Å²) in [5.41, 5.74) is 7.99. The molecule has 9 N–H and O–H groups in total. The lowest BCUT2D eigenvalue weighted by Crippen LogP contribution is -2.63. The number of benzene rings is 2. The van der Waals surface area contributed by atoms with Crippen LogP contribution in [0.4, 0.5) is 0 Å². The molecule has 23 nitrogen and oxygen atoms in total. The number of aliphatic hydroxyl groups is 7. The maximum absolute atomic E-state index is 11.9. The highest BCUT2D eigenvalue weighted by molar-refractivity contribution is 5.89. The summed E-state index contributed by atoms with van der Waals surface area (Å²) in [6.07, 6.45) is 10.8. The van der Waals surface area contributed by atoms with Crippen LogP contribution in [0.3, 0.4) is 0 Å². The second kappa shape index (κ2) is 46.7. The smallest absolute Gasteiger partial charge is 0.338 e. The highest BCUT2D eigenvalue weighted by Gasteiger charge is 2.50. The number of para-hydroxylation sites is 1. The first-order valence-electron chi connectivity index (χ1n) is 43.8. The molecular formula is C92H156N6O17. The Morgan fingerprint density at radius 1 is 0.565 bits per heavy atom. The molecule has 9 fully saturated rings. The Kier molecular flexibility index (Phi) is 39.8. The predicted octanol–water partition coefficient (Wildman–Crippen LogP) is 11.1. The standard InChI is InChI=1S/C23H32N2O3.C17H24O5.C15H29NO2.C14H27NO2.C13H23NO2.C10H21NO3/c1-15(2)22-21(26)20(25(4)5)23(16(3)28-22)27-12-8-9-17-13-18-10-6-7-11-19(18)24-14-17;1-10(2)16-15(19)11(3)14(18)13(22-16)9-21-17(20)12-7-5-4-6-8-12;1-10(2)15-14(17)13(11(3)12(4)18-15)16-8-6-5-7-9-16;1-10(2)14-13(16)12(9-11(3)17-14)15-7-5-4-6-8-15;1-8(2)12-13-11(6-9(3)15-12)14(5)7-10(4)16-13;1-5(2)10-9(13)6(3)8(12)7(4-11)14-10/h6-11,13-16,20-23,26H,12H2,1-5H3;4-8,10-11,13-16,18-19H,9H2,1-3H3;10-15,17H,5-9H2,1-4H3;10-14,16H,4-9H2,1-3H3;8-9,11-13H,4,6-7H2,1-3,5H3;5-10,12-13H,4,11H2,1-3H3/b9-8+;;;;;/t16-,20-,21-,22+,23-;11-,13+,14-,15+,16-;11-,12-,13+,14-,15+;11-,12+,13-,14+;9-,11+,12+,13-;6-,7+,8-,9+,10-/m101110/s1. The van der Waals surface area contributed by atoms with E-state index in [9.17, 15) is 40.5 Å². The van der Waals surface area contributed by atoms with Crippen LogP contribution in [0.15, 0.2) is 85.3 Å². The minimum atomic E-state index is -0.867. The van der Waals surface area contributed by atoms with Gasteiger partial charge in [0.2, 0.25) is 0 Å². The molecule has 12 rings (SSSR count). The maximum Gasteiger partial charge on any atom is 0.338 e. The van der Waals surface area contributed by atoms with Crippen molar-refractivity contribution in [1.82, 2.24) is 24.6 Å². The molecule has 0 spiro atoms. The molecule has 1 aromatic heterocycles. The molecular weight excluding hydrogens is 1460 g/mol. The Labute approximate surface area is 691 Å². The SMILES string of the molecule is C=C1CN(C)[C@H]2C[C@@H](C)O[C@@H](C(C)C)[C@@H]2O1.CC(C)[C@@H]1O[C@H](C)C[C@H](N2CCCCC2)[C@H]1O.CC(C)[C@@H]1O[C@H](C)[C@@H](C)[C@H](N2CCCCC2)[C@H]1O.CC(C)[C@@H]1O[C@H](C)[C@@H](OC/C=C/c2cnc3ccccc3c2)[C@H](N(C)C)[C@H]1O.CC(C)[C@@H]1O[C@H](CN)[C@@H](O)[C@H](C)[C@H]1O.CC(C)[C@@H]1O[C@H](COC(=O)c2ccccc2)[C@@H](O)[C@H](C)[C@H]1O. The topological polar surface area (TPSA) is 294 Å². The van der Waals surface area contributed by atoms with Gasteiger partial charge in [-0.3, -0.25) is 19.7 Å². The molecule has 3 aromatic rings. The lowest BCUT2D eigenvalue weighted by Gasteiger charge is -2.49. The minimum absolute atomic E-state index is 0.00526. The molecule has 0 amide bonds. The van der Waals surface area contributed by atoms with Gasteiger partial charge in [-0.25, -0.2) is 4.79 Å². The Balaban J connectivity index is 0.000000194. The third-order valence-electron chi connectivity index (χ3n) is 25.2. The number of likely N-dealkylation sites (N-methyl/N-ethyl adjacent to an activating group) is 2. The first kappa shape index (κ1) is 98.0. The Hall–Kier alpha value is -4.16. The number of carbonyl (C=O) groups excluding carboxylic acids is 1. The summed E-state index contributed by atoms with van der Waals surface area (Å²) in [4.78, 5) is 25.8. The highest BCUT2D eigenvalue weighted by atomic mass is 16.6. The van der Waals surface area contributed by atoms with Crippen LogP contribution in [-0.2, 0) is 42.6 Å². The second-order valence-corrected chi connectivity index (χ2v) is 36.8. The number of hydrogen-bond donors (Lipinski definition) is 8. The number of piperidine rings is 2. The number of carbonyl (C=O) groups is 1. The van der Waals surface area contributed by atoms with E-state index in [2.05, 4.69) is 129 Å². The lowest BCUT2D eigenvalue weighted by molar-refractivity contribution is -0.217. The first-order valence-corrected chi connectivity index (χ1v) is 43.8. The average molecular weight is 1620 g/mol. The second-order valence-electron chi connectivity index (χ2n) is 36.8. The maximum atomic E-state index is 11.9. The van der Waals surface area contributed by atoms with E-state index in [0.29, 0.717) is 60.6 Å². The van der Waals surface area contributed by atoms with Gasteiger partial charge >= 0.3 is 5.97 Å². The zero-order valence-electron chi connectivity index (χ0n) is 74.2. The summed E-state index contributed by atoms with van der Waals surface area (Å²) in [5, 5.41) is 73.1. The van der Waals surface area contributed by atoms with Gasteiger partial charge in [-0.1, -0.05) is 172 Å². The number of esters is 1. The van der Waals surface area contributed by atoms with Crippen molar-refractivity contribution in [2.75, 3.05) is 73.6 Å². The van der Waals surface area contributed by atoms with Crippen molar-refractivity contribution in [3.63, 3.8) is 0 Å². The summed E-state index contributed by atoms with van der Waals surface area (Å²) in [7, 11) is 6.12. The van der Waals surface area contributed by atoms with Crippen LogP contribution < -0.4 is 5.73 Å². The average Bonchev–Trinajstić information content (AvgIpc) is 0.796. The number of likely N-dealkylation sites (tertiary alicyclic amines) is 2. The summed E-state index contributed by atoms with van der Waals surface area (Å²) in [6, 6.07) is 19.8. The van der Waals surface area contributed by atoms with Crippen LogP contribution >= 0.6 is 0 Å². The molecule has 0 unspecified atom stereocenters. The number of nitrogens with two attached hydrogens (primary N) is 1. The van der Waals surface area contributed by atoms with Crippen LogP contribution in [0.5, 0.6) is 0 Å². The number of hydrogen-bond acceptors (Lipinski definition) is 23. The molecule has 0 saturated carbocycles. The fourth-order valence-electron chi connectivity index (χ4n) is 18.3. The van der Waals surface area contributed by atoms with Gasteiger partial charge in [0.1, 0.15) is 30.7 Å². The zero-order valence-corrected chi connectivity index (χ0v) is 74.2. The zero-order chi connectivity index (χ0) is 85.0. The molecule has 656 valence electrons. The number of rotatable bonds is 17. The van der Waals surface area contributed by atoms with E-state index in [1.54, 1.807) is 31.2 Å². The van der Waals surface area contributed by atoms with Gasteiger partial charge < -0.3 is 89.0 Å². The monoisotopic (exact) mass is 1620 g/mol. The van der Waals surface area contributed by atoms with Crippen molar-refractivity contribution in [2.45, 2.75) is 335 Å². The highest BCUT2D eigenvalue weighted by Crippen LogP contribution is 2.38. The molecule has 0 radical (unpaired) electrons. The third-order valence-corrected chi connectivity index (χ3v) is 25.2. The largest absolute Gasteiger partial charge is 0.490 e. The van der Waals surface area contributed by atoms with Crippen molar-refractivity contribution in [3.05, 3.63) is 96.4 Å². The summed E-state index contributed by atoms with van der Waals surface area (Å²) in [6.45, 7) is 49.4. The van der Waals surface area contributed by atoms with Gasteiger partial charge in [0.05, 0.1) is 146 Å². The molecule has 115 heavy (non-hydrogen) atoms. The molecule has 28 atom stereocenters.